The summed E-state index contributed by atoms with van der Waals surface area (Å²) < 4.78 is 17.8. The average Bonchev–Trinajstić information content (AvgIpc) is 2.85. The minimum Gasteiger partial charge on any atom is -0.493 e. The third-order valence-corrected chi connectivity index (χ3v) is 3.65. The highest BCUT2D eigenvalue weighted by Gasteiger charge is 2.43. The van der Waals surface area contributed by atoms with E-state index in [1.165, 1.54) is 0 Å². The maximum Gasteiger partial charge on any atom is 0.300 e. The monoisotopic (exact) mass is 320 g/mol. The van der Waals surface area contributed by atoms with Crippen molar-refractivity contribution in [3.8, 4) is 5.75 Å². The smallest absolute Gasteiger partial charge is 0.300 e. The topological polar surface area (TPSA) is 66.1 Å². The Morgan fingerprint density at radius 1 is 1.00 bits per heavy atom. The summed E-state index contributed by atoms with van der Waals surface area (Å²) in [5, 5.41) is 0. The minimum atomic E-state index is -1.13. The number of nitrogens with zero attached hydrogens (tertiary/aromatic N) is 1. The molecule has 0 aliphatic carbocycles. The average molecular weight is 320 g/mol. The molecule has 0 amide bonds. The maximum atomic E-state index is 6.18. The Bertz CT molecular complexity index is 535. The van der Waals surface area contributed by atoms with Gasteiger partial charge in [0, 0.05) is 0 Å². The molecule has 0 aromatic heterocycles. The van der Waals surface area contributed by atoms with Crippen LogP contribution in [-0.4, -0.2) is 25.7 Å². The molecule has 2 rings (SSSR count). The zero-order chi connectivity index (χ0) is 16.7. The fourth-order valence-electron chi connectivity index (χ4n) is 2.52. The first kappa shape index (κ1) is 17.8. The number of hydrogen-bond acceptors (Lipinski definition) is 5. The molecule has 23 heavy (non-hydrogen) atoms. The van der Waals surface area contributed by atoms with Gasteiger partial charge in [0.2, 0.25) is 0 Å². The molecule has 5 nitrogen and oxygen atoms in total. The first-order chi connectivity index (χ1) is 11.2. The third-order valence-electron chi connectivity index (χ3n) is 3.65. The third kappa shape index (κ3) is 3.85. The van der Waals surface area contributed by atoms with Gasteiger partial charge < -0.3 is 19.9 Å². The van der Waals surface area contributed by atoms with E-state index >= 15 is 0 Å². The van der Waals surface area contributed by atoms with Crippen molar-refractivity contribution in [1.29, 1.82) is 0 Å². The first-order valence-electron chi connectivity index (χ1n) is 8.58. The van der Waals surface area contributed by atoms with Gasteiger partial charge in [-0.3, -0.25) is 0 Å². The van der Waals surface area contributed by atoms with Crippen molar-refractivity contribution in [2.45, 2.75) is 52.4 Å². The van der Waals surface area contributed by atoms with Crippen molar-refractivity contribution in [3.63, 3.8) is 0 Å². The second kappa shape index (κ2) is 8.31. The molecule has 0 bridgehead atoms. The molecule has 0 saturated heterocycles. The van der Waals surface area contributed by atoms with Gasteiger partial charge in [0.25, 0.3) is 0 Å². The van der Waals surface area contributed by atoms with Gasteiger partial charge in [-0.15, -0.1) is 0 Å². The second-order valence-corrected chi connectivity index (χ2v) is 5.66. The molecule has 1 aromatic rings. The van der Waals surface area contributed by atoms with Crippen molar-refractivity contribution >= 4 is 5.84 Å². The van der Waals surface area contributed by atoms with E-state index in [0.29, 0.717) is 25.7 Å². The fourth-order valence-corrected chi connectivity index (χ4v) is 2.52. The van der Waals surface area contributed by atoms with Gasteiger partial charge in [-0.2, -0.15) is 0 Å². The highest BCUT2D eigenvalue weighted by Crippen LogP contribution is 2.41. The predicted octanol–water partition coefficient (Wildman–Crippen LogP) is 3.55. The number of amidine groups is 1. The van der Waals surface area contributed by atoms with Crippen LogP contribution in [0.25, 0.3) is 0 Å². The summed E-state index contributed by atoms with van der Waals surface area (Å²) in [6.45, 7) is 8.03. The summed E-state index contributed by atoms with van der Waals surface area (Å²) in [4.78, 5) is 4.52. The number of aliphatic imine (C=N–C) groups is 1. The number of unbranched alkanes of at least 4 members (excludes halogenated alkanes) is 1. The van der Waals surface area contributed by atoms with Crippen molar-refractivity contribution in [3.05, 3.63) is 29.3 Å². The molecule has 0 spiro atoms. The quantitative estimate of drug-likeness (QED) is 0.529. The predicted molar refractivity (Wildman–Crippen MR) is 91.7 cm³/mol. The molecular weight excluding hydrogens is 292 g/mol. The molecule has 0 fully saturated rings. The van der Waals surface area contributed by atoms with Crippen molar-refractivity contribution < 1.29 is 14.2 Å². The Hall–Kier alpha value is -1.59. The van der Waals surface area contributed by atoms with Gasteiger partial charge in [0.1, 0.15) is 11.6 Å². The van der Waals surface area contributed by atoms with Crippen molar-refractivity contribution in [2.24, 2.45) is 10.7 Å². The normalized spacial score (nSPS) is 15.3. The van der Waals surface area contributed by atoms with Crippen LogP contribution in [0.4, 0.5) is 0 Å². The lowest BCUT2D eigenvalue weighted by Gasteiger charge is -2.27. The Labute approximate surface area is 138 Å². The van der Waals surface area contributed by atoms with E-state index in [9.17, 15) is 0 Å². The van der Waals surface area contributed by atoms with E-state index < -0.39 is 5.91 Å². The number of benzene rings is 1. The summed E-state index contributed by atoms with van der Waals surface area (Å²) in [6.07, 6.45) is 3.86. The van der Waals surface area contributed by atoms with E-state index in [2.05, 4.69) is 25.8 Å². The van der Waals surface area contributed by atoms with Crippen molar-refractivity contribution in [1.82, 2.24) is 0 Å². The zero-order valence-electron chi connectivity index (χ0n) is 14.4. The van der Waals surface area contributed by atoms with Crippen LogP contribution in [0.1, 0.15) is 57.6 Å². The highest BCUT2D eigenvalue weighted by atomic mass is 16.7. The van der Waals surface area contributed by atoms with Crippen LogP contribution in [0, 0.1) is 0 Å². The van der Waals surface area contributed by atoms with Crippen LogP contribution in [0.5, 0.6) is 5.75 Å². The highest BCUT2D eigenvalue weighted by molar-refractivity contribution is 6.04. The first-order valence-corrected chi connectivity index (χ1v) is 8.58. The molecule has 0 radical (unpaired) electrons. The summed E-state index contributed by atoms with van der Waals surface area (Å²) in [5.41, 5.74) is 7.82. The largest absolute Gasteiger partial charge is 0.493 e. The van der Waals surface area contributed by atoms with E-state index in [1.807, 2.05) is 18.2 Å². The van der Waals surface area contributed by atoms with E-state index in [-0.39, 0.29) is 0 Å². The van der Waals surface area contributed by atoms with Crippen LogP contribution in [0.2, 0.25) is 0 Å². The zero-order valence-corrected chi connectivity index (χ0v) is 14.4. The number of nitrogens with two attached hydrogens (primary N) is 1. The van der Waals surface area contributed by atoms with E-state index in [0.717, 1.165) is 42.6 Å². The lowest BCUT2D eigenvalue weighted by atomic mass is 10.1. The Morgan fingerprint density at radius 2 is 1.70 bits per heavy atom. The Balaban J connectivity index is 2.34. The van der Waals surface area contributed by atoms with Gasteiger partial charge in [-0.25, -0.2) is 4.99 Å². The molecule has 2 N–H and O–H groups in total. The molecular formula is C18H28N2O3. The minimum absolute atomic E-state index is 0.416. The van der Waals surface area contributed by atoms with Gasteiger partial charge in [0.05, 0.1) is 30.9 Å². The van der Waals surface area contributed by atoms with Crippen LogP contribution >= 0.6 is 0 Å². The number of hydrogen-bond donors (Lipinski definition) is 1. The molecule has 0 unspecified atom stereocenters. The summed E-state index contributed by atoms with van der Waals surface area (Å²) >= 11 is 0. The van der Waals surface area contributed by atoms with Gasteiger partial charge >= 0.3 is 5.91 Å². The number of rotatable bonds is 10. The van der Waals surface area contributed by atoms with Gasteiger partial charge in [0.15, 0.2) is 0 Å². The van der Waals surface area contributed by atoms with E-state index in [4.69, 9.17) is 19.9 Å². The Morgan fingerprint density at radius 3 is 2.30 bits per heavy atom. The van der Waals surface area contributed by atoms with Crippen molar-refractivity contribution in [2.75, 3.05) is 19.8 Å². The number of ether oxygens (including phenoxy) is 3. The lowest BCUT2D eigenvalue weighted by Crippen LogP contribution is -2.30. The van der Waals surface area contributed by atoms with Gasteiger partial charge in [-0.1, -0.05) is 39.3 Å². The molecule has 1 aliphatic heterocycles. The molecule has 5 heteroatoms. The molecule has 1 aromatic carbocycles. The lowest BCUT2D eigenvalue weighted by molar-refractivity contribution is -0.239. The number of fused-ring (bicyclic) bond motifs is 1. The van der Waals surface area contributed by atoms with Gasteiger partial charge in [-0.05, 0) is 25.3 Å². The SMILES string of the molecule is CCCCOc1cccc2c1C(N)=NC2(OCCC)OCCC. The van der Waals surface area contributed by atoms with Crippen LogP contribution in [-0.2, 0) is 15.4 Å². The second-order valence-electron chi connectivity index (χ2n) is 5.66. The molecule has 1 aliphatic rings. The summed E-state index contributed by atoms with van der Waals surface area (Å²) in [5.74, 6) is 0.0359. The van der Waals surface area contributed by atoms with E-state index in [1.54, 1.807) is 0 Å². The summed E-state index contributed by atoms with van der Waals surface area (Å²) in [6, 6.07) is 5.82. The Kier molecular flexibility index (Phi) is 6.42. The molecule has 1 heterocycles. The molecule has 0 saturated carbocycles. The summed E-state index contributed by atoms with van der Waals surface area (Å²) in [7, 11) is 0. The fraction of sp³-hybridized carbons (Fsp3) is 0.611. The van der Waals surface area contributed by atoms with Crippen LogP contribution in [0.15, 0.2) is 23.2 Å². The van der Waals surface area contributed by atoms with Crippen LogP contribution in [0.3, 0.4) is 0 Å². The molecule has 0 atom stereocenters. The van der Waals surface area contributed by atoms with Crippen LogP contribution < -0.4 is 10.5 Å². The molecule has 128 valence electrons. The standard InChI is InChI=1S/C18H28N2O3/c1-4-7-13-21-15-10-8-9-14-16(15)17(19)20-18(14,22-11-5-2)23-12-6-3/h8-10H,4-7,11-13H2,1-3H3,(H2,19,20). The maximum absolute atomic E-state index is 6.18.